The van der Waals surface area contributed by atoms with Crippen LogP contribution in [-0.4, -0.2) is 58.3 Å². The molecule has 2 amide bonds. The molecule has 34 heavy (non-hydrogen) atoms. The third-order valence-corrected chi connectivity index (χ3v) is 7.03. The Bertz CT molecular complexity index is 1000. The highest BCUT2D eigenvalue weighted by Gasteiger charge is 2.38. The number of aliphatic hydroxyl groups excluding tert-OH is 2. The molecule has 0 aliphatic carbocycles. The summed E-state index contributed by atoms with van der Waals surface area (Å²) in [5.74, 6) is -1.39. The molecule has 3 rings (SSSR count). The number of carbonyl (C=O) groups is 2. The molecule has 182 valence electrons. The first kappa shape index (κ1) is 25.9. The Kier molecular flexibility index (Phi) is 9.62. The van der Waals surface area contributed by atoms with E-state index in [0.717, 1.165) is 36.1 Å². The normalized spacial score (nSPS) is 17.6. The van der Waals surface area contributed by atoms with E-state index in [0.29, 0.717) is 19.5 Å². The van der Waals surface area contributed by atoms with Crippen molar-refractivity contribution >= 4 is 23.2 Å². The highest BCUT2D eigenvalue weighted by atomic mass is 32.1. The number of benzene rings is 1. The molecule has 0 spiro atoms. The van der Waals surface area contributed by atoms with Crippen molar-refractivity contribution in [2.75, 3.05) is 13.1 Å². The second-order valence-corrected chi connectivity index (χ2v) is 9.59. The van der Waals surface area contributed by atoms with Crippen LogP contribution in [0.5, 0.6) is 0 Å². The molecule has 1 fully saturated rings. The molecule has 1 aliphatic heterocycles. The molecule has 2 heterocycles. The van der Waals surface area contributed by atoms with Crippen molar-refractivity contribution in [1.82, 2.24) is 10.2 Å². The fraction of sp³-hybridized carbons (Fsp3) is 0.407. The van der Waals surface area contributed by atoms with Crippen LogP contribution in [0.15, 0.2) is 66.1 Å². The number of rotatable bonds is 11. The molecule has 2 aromatic rings. The number of thiophene rings is 1. The minimum Gasteiger partial charge on any atom is -0.380 e. The first-order valence-electron chi connectivity index (χ1n) is 11.8. The van der Waals surface area contributed by atoms with E-state index in [1.54, 1.807) is 11.3 Å². The van der Waals surface area contributed by atoms with Gasteiger partial charge in [0.15, 0.2) is 12.2 Å². The minimum absolute atomic E-state index is 0.218. The predicted molar refractivity (Wildman–Crippen MR) is 136 cm³/mol. The summed E-state index contributed by atoms with van der Waals surface area (Å²) in [7, 11) is 0. The van der Waals surface area contributed by atoms with Crippen molar-refractivity contribution in [2.24, 2.45) is 0 Å². The van der Waals surface area contributed by atoms with Crippen LogP contribution in [0.25, 0.3) is 0 Å². The summed E-state index contributed by atoms with van der Waals surface area (Å²) in [5.41, 5.74) is 3.25. The quantitative estimate of drug-likeness (QED) is 0.429. The van der Waals surface area contributed by atoms with E-state index in [1.165, 1.54) is 16.0 Å². The number of nitrogens with zero attached hydrogens (tertiary/aromatic N) is 1. The van der Waals surface area contributed by atoms with Crippen LogP contribution in [-0.2, 0) is 22.4 Å². The third-order valence-electron chi connectivity index (χ3n) is 5.98. The van der Waals surface area contributed by atoms with E-state index in [9.17, 15) is 19.8 Å². The van der Waals surface area contributed by atoms with Crippen molar-refractivity contribution in [3.8, 4) is 0 Å². The average Bonchev–Trinajstić information content (AvgIpc) is 3.51. The second kappa shape index (κ2) is 12.6. The maximum atomic E-state index is 12.8. The van der Waals surface area contributed by atoms with Crippen molar-refractivity contribution < 1.29 is 19.8 Å². The predicted octanol–water partition coefficient (Wildman–Crippen LogP) is 3.23. The largest absolute Gasteiger partial charge is 0.380 e. The third kappa shape index (κ3) is 6.88. The van der Waals surface area contributed by atoms with Gasteiger partial charge in [-0.2, -0.15) is 0 Å². The topological polar surface area (TPSA) is 89.9 Å². The van der Waals surface area contributed by atoms with Gasteiger partial charge in [0, 0.05) is 18.0 Å². The van der Waals surface area contributed by atoms with Gasteiger partial charge >= 0.3 is 0 Å². The van der Waals surface area contributed by atoms with Gasteiger partial charge in [-0.15, -0.1) is 11.3 Å². The maximum Gasteiger partial charge on any atom is 0.255 e. The lowest BCUT2D eigenvalue weighted by molar-refractivity contribution is -0.153. The monoisotopic (exact) mass is 482 g/mol. The maximum absolute atomic E-state index is 12.8. The van der Waals surface area contributed by atoms with Crippen molar-refractivity contribution in [2.45, 2.75) is 57.3 Å². The van der Waals surface area contributed by atoms with Crippen LogP contribution in [0, 0.1) is 0 Å². The summed E-state index contributed by atoms with van der Waals surface area (Å²) in [6.45, 7) is 6.84. The molecule has 7 heteroatoms. The molecule has 3 atom stereocenters. The van der Waals surface area contributed by atoms with Crippen LogP contribution in [0.1, 0.15) is 42.2 Å². The van der Waals surface area contributed by atoms with E-state index < -0.39 is 24.0 Å². The Balaban J connectivity index is 1.47. The lowest BCUT2D eigenvalue weighted by Gasteiger charge is -2.28. The molecule has 6 nitrogen and oxygen atoms in total. The zero-order valence-electron chi connectivity index (χ0n) is 19.7. The van der Waals surface area contributed by atoms with Gasteiger partial charge in [0.1, 0.15) is 0 Å². The molecule has 0 saturated carbocycles. The van der Waals surface area contributed by atoms with E-state index >= 15 is 0 Å². The summed E-state index contributed by atoms with van der Waals surface area (Å²) >= 11 is 1.63. The number of amides is 2. The summed E-state index contributed by atoms with van der Waals surface area (Å²) in [5, 5.41) is 25.5. The first-order chi connectivity index (χ1) is 16.4. The van der Waals surface area contributed by atoms with Crippen LogP contribution in [0.4, 0.5) is 0 Å². The summed E-state index contributed by atoms with van der Waals surface area (Å²) < 4.78 is 0. The molecular weight excluding hydrogens is 448 g/mol. The molecule has 0 bridgehead atoms. The van der Waals surface area contributed by atoms with Gasteiger partial charge in [-0.3, -0.25) is 9.59 Å². The summed E-state index contributed by atoms with van der Waals surface area (Å²) in [6, 6.07) is 12.1. The number of allylic oxidation sites excluding steroid dienone is 1. The highest BCUT2D eigenvalue weighted by molar-refractivity contribution is 7.10. The molecule has 1 aromatic carbocycles. The van der Waals surface area contributed by atoms with E-state index in [-0.39, 0.29) is 6.04 Å². The van der Waals surface area contributed by atoms with Crippen LogP contribution in [0.2, 0.25) is 0 Å². The van der Waals surface area contributed by atoms with Crippen LogP contribution < -0.4 is 5.32 Å². The molecule has 3 unspecified atom stereocenters. The summed E-state index contributed by atoms with van der Waals surface area (Å²) in [6.07, 6.45) is 4.11. The number of hydrogen-bond acceptors (Lipinski definition) is 5. The average molecular weight is 483 g/mol. The first-order valence-corrected chi connectivity index (χ1v) is 12.7. The van der Waals surface area contributed by atoms with Crippen molar-refractivity contribution in [3.63, 3.8) is 0 Å². The second-order valence-electron chi connectivity index (χ2n) is 8.59. The Morgan fingerprint density at radius 3 is 2.74 bits per heavy atom. The van der Waals surface area contributed by atoms with Crippen molar-refractivity contribution in [3.05, 3.63) is 82.1 Å². The molecule has 3 N–H and O–H groups in total. The van der Waals surface area contributed by atoms with Crippen LogP contribution in [0.3, 0.4) is 0 Å². The number of hydrogen-bond donors (Lipinski definition) is 3. The Labute approximate surface area is 205 Å². The fourth-order valence-corrected chi connectivity index (χ4v) is 5.03. The minimum atomic E-state index is -1.81. The highest BCUT2D eigenvalue weighted by Crippen LogP contribution is 2.25. The van der Waals surface area contributed by atoms with Crippen LogP contribution >= 0.6 is 11.3 Å². The smallest absolute Gasteiger partial charge is 0.255 e. The van der Waals surface area contributed by atoms with Gasteiger partial charge in [-0.1, -0.05) is 56.0 Å². The molecule has 0 radical (unpaired) electrons. The van der Waals surface area contributed by atoms with E-state index in [1.807, 2.05) is 37.3 Å². The number of aliphatic hydroxyl groups is 2. The SMILES string of the molecule is C=C(/C=C\CC)C1CCCN1C(=O)C(O)C(O)C(=O)NCCc1cc(Cc2ccccc2)cs1. The van der Waals surface area contributed by atoms with E-state index in [2.05, 4.69) is 35.5 Å². The van der Waals surface area contributed by atoms with Gasteiger partial charge < -0.3 is 20.4 Å². The molecule has 1 aliphatic rings. The van der Waals surface area contributed by atoms with E-state index in [4.69, 9.17) is 0 Å². The molecular formula is C27H34N2O4S. The van der Waals surface area contributed by atoms with Gasteiger partial charge in [0.05, 0.1) is 6.04 Å². The Morgan fingerprint density at radius 1 is 1.24 bits per heavy atom. The Hall–Kier alpha value is -2.74. The van der Waals surface area contributed by atoms with Gasteiger partial charge in [-0.25, -0.2) is 0 Å². The molecule has 1 saturated heterocycles. The zero-order valence-corrected chi connectivity index (χ0v) is 20.5. The number of carbonyl (C=O) groups excluding carboxylic acids is 2. The molecule has 1 aromatic heterocycles. The summed E-state index contributed by atoms with van der Waals surface area (Å²) in [4.78, 5) is 27.8. The lowest BCUT2D eigenvalue weighted by atomic mass is 10.0. The van der Waals surface area contributed by atoms with Crippen molar-refractivity contribution in [1.29, 1.82) is 0 Å². The fourth-order valence-electron chi connectivity index (χ4n) is 4.14. The van der Waals surface area contributed by atoms with Gasteiger partial charge in [-0.05, 0) is 60.3 Å². The standard InChI is InChI=1S/C27H34N2O4S/c1-3-4-9-19(2)23-12-8-15-29(23)27(33)25(31)24(30)26(32)28-14-13-22-17-21(18-34-22)16-20-10-6-5-7-11-20/h4-7,9-11,17-18,23-25,30-31H,2-3,8,12-16H2,1H3,(H,28,32)/b9-4-. The zero-order chi connectivity index (χ0) is 24.5. The Morgan fingerprint density at radius 2 is 2.00 bits per heavy atom. The van der Waals surface area contributed by atoms with Gasteiger partial charge in [0.2, 0.25) is 0 Å². The van der Waals surface area contributed by atoms with Gasteiger partial charge in [0.25, 0.3) is 11.8 Å². The number of likely N-dealkylation sites (tertiary alicyclic amines) is 1. The lowest BCUT2D eigenvalue weighted by Crippen LogP contribution is -2.52. The number of nitrogens with one attached hydrogen (secondary N) is 1.